The van der Waals surface area contributed by atoms with Gasteiger partial charge >= 0.3 is 0 Å². The second-order valence-corrected chi connectivity index (χ2v) is 4.82. The van der Waals surface area contributed by atoms with Gasteiger partial charge in [-0.3, -0.25) is 0 Å². The molecule has 3 rings (SSSR count). The maximum Gasteiger partial charge on any atom is 0.139 e. The molecule has 76 valence electrons. The fourth-order valence-electron chi connectivity index (χ4n) is 1.91. The minimum absolute atomic E-state index is 0.873. The van der Waals surface area contributed by atoms with E-state index in [1.54, 1.807) is 0 Å². The molecule has 0 atom stereocenters. The molecule has 5 heteroatoms. The van der Waals surface area contributed by atoms with Crippen LogP contribution in [0.5, 0.6) is 0 Å². The van der Waals surface area contributed by atoms with E-state index in [1.165, 1.54) is 5.69 Å². The minimum atomic E-state index is 0.873. The van der Waals surface area contributed by atoms with Crippen LogP contribution in [0.4, 0.5) is 11.4 Å². The summed E-state index contributed by atoms with van der Waals surface area (Å²) < 4.78 is 1.10. The number of fused-ring (bicyclic) bond motifs is 3. The van der Waals surface area contributed by atoms with E-state index in [0.717, 1.165) is 27.0 Å². The second kappa shape index (κ2) is 3.19. The van der Waals surface area contributed by atoms with Crippen LogP contribution in [0.3, 0.4) is 0 Å². The third-order valence-electron chi connectivity index (χ3n) is 2.53. The molecule has 1 aliphatic rings. The van der Waals surface area contributed by atoms with Crippen LogP contribution < -0.4 is 4.90 Å². The van der Waals surface area contributed by atoms with E-state index >= 15 is 0 Å². The van der Waals surface area contributed by atoms with Gasteiger partial charge < -0.3 is 9.88 Å². The van der Waals surface area contributed by atoms with Gasteiger partial charge in [-0.25, -0.2) is 9.98 Å². The number of nitrogens with one attached hydrogen (secondary N) is 1. The van der Waals surface area contributed by atoms with Crippen LogP contribution >= 0.6 is 22.6 Å². The van der Waals surface area contributed by atoms with Crippen molar-refractivity contribution in [2.45, 2.75) is 0 Å². The Morgan fingerprint density at radius 2 is 2.40 bits per heavy atom. The van der Waals surface area contributed by atoms with E-state index in [1.807, 2.05) is 18.5 Å². The number of aromatic nitrogens is 2. The highest BCUT2D eigenvalue weighted by molar-refractivity contribution is 14.1. The summed E-state index contributed by atoms with van der Waals surface area (Å²) in [5, 5.41) is 1.14. The first-order chi connectivity index (χ1) is 7.25. The van der Waals surface area contributed by atoms with E-state index in [0.29, 0.717) is 0 Å². The van der Waals surface area contributed by atoms with Gasteiger partial charge in [0.1, 0.15) is 11.3 Å². The van der Waals surface area contributed by atoms with Gasteiger partial charge in [0.15, 0.2) is 0 Å². The Bertz CT molecular complexity index is 558. The number of rotatable bonds is 0. The number of pyridine rings is 1. The molecule has 0 aliphatic carbocycles. The van der Waals surface area contributed by atoms with Gasteiger partial charge in [-0.2, -0.15) is 0 Å². The normalized spacial score (nSPS) is 15.3. The van der Waals surface area contributed by atoms with Crippen molar-refractivity contribution in [3.05, 3.63) is 18.5 Å². The van der Waals surface area contributed by atoms with Gasteiger partial charge in [-0.15, -0.1) is 0 Å². The molecule has 15 heavy (non-hydrogen) atoms. The summed E-state index contributed by atoms with van der Waals surface area (Å²) in [5.41, 5.74) is 3.05. The monoisotopic (exact) mass is 312 g/mol. The maximum absolute atomic E-state index is 4.51. The molecule has 0 fully saturated rings. The number of nitrogens with zero attached hydrogens (tertiary/aromatic N) is 3. The number of halogens is 1. The highest BCUT2D eigenvalue weighted by atomic mass is 127. The molecule has 0 spiro atoms. The van der Waals surface area contributed by atoms with Crippen molar-refractivity contribution in [2.75, 3.05) is 18.5 Å². The lowest BCUT2D eigenvalue weighted by atomic mass is 10.2. The largest absolute Gasteiger partial charge is 0.366 e. The van der Waals surface area contributed by atoms with Crippen molar-refractivity contribution in [2.24, 2.45) is 4.99 Å². The molecular weight excluding hydrogens is 303 g/mol. The molecule has 0 saturated carbocycles. The highest BCUT2D eigenvalue weighted by Crippen LogP contribution is 2.37. The van der Waals surface area contributed by atoms with E-state index in [4.69, 9.17) is 0 Å². The molecule has 0 amide bonds. The number of H-pyrrole nitrogens is 1. The fraction of sp³-hybridized carbons (Fsp3) is 0.200. The van der Waals surface area contributed by atoms with Crippen LogP contribution in [0.15, 0.2) is 23.5 Å². The van der Waals surface area contributed by atoms with Crippen LogP contribution in [0.2, 0.25) is 0 Å². The summed E-state index contributed by atoms with van der Waals surface area (Å²) in [6, 6.07) is 2.05. The van der Waals surface area contributed by atoms with E-state index in [2.05, 4.69) is 49.5 Å². The fourth-order valence-corrected chi connectivity index (χ4v) is 2.68. The van der Waals surface area contributed by atoms with Crippen molar-refractivity contribution >= 4 is 48.7 Å². The predicted octanol–water partition coefficient (Wildman–Crippen LogP) is 2.48. The molecule has 0 unspecified atom stereocenters. The lowest BCUT2D eigenvalue weighted by Crippen LogP contribution is -2.25. The summed E-state index contributed by atoms with van der Waals surface area (Å²) in [4.78, 5) is 14.2. The zero-order valence-electron chi connectivity index (χ0n) is 8.16. The van der Waals surface area contributed by atoms with Gasteiger partial charge in [-0.1, -0.05) is 0 Å². The number of aromatic amines is 1. The molecular formula is C10H9IN4. The maximum atomic E-state index is 4.51. The van der Waals surface area contributed by atoms with Crippen molar-refractivity contribution in [3.8, 4) is 0 Å². The summed E-state index contributed by atoms with van der Waals surface area (Å²) in [6.07, 6.45) is 3.73. The van der Waals surface area contributed by atoms with Crippen LogP contribution in [0.1, 0.15) is 0 Å². The molecule has 4 nitrogen and oxygen atoms in total. The zero-order valence-corrected chi connectivity index (χ0v) is 10.3. The molecule has 0 bridgehead atoms. The Hall–Kier alpha value is -1.11. The van der Waals surface area contributed by atoms with Crippen molar-refractivity contribution in [3.63, 3.8) is 0 Å². The van der Waals surface area contributed by atoms with E-state index < -0.39 is 0 Å². The summed E-state index contributed by atoms with van der Waals surface area (Å²) in [5.74, 6) is 0. The Kier molecular flexibility index (Phi) is 1.95. The molecule has 3 heterocycles. The summed E-state index contributed by atoms with van der Waals surface area (Å²) in [6.45, 7) is 0.873. The first-order valence-electron chi connectivity index (χ1n) is 4.66. The standard InChI is InChI=1S/C10H9IN4/c1-15-5-8(11)14-7-4-13-10-6(9(7)15)2-3-12-10/h2-4H,5H2,1H3,(H,12,13). The number of aliphatic imine (C=N–C) groups is 1. The van der Waals surface area contributed by atoms with Crippen molar-refractivity contribution < 1.29 is 0 Å². The number of hydrogen-bond donors (Lipinski definition) is 1. The average molecular weight is 312 g/mol. The van der Waals surface area contributed by atoms with Crippen molar-refractivity contribution in [1.29, 1.82) is 0 Å². The highest BCUT2D eigenvalue weighted by Gasteiger charge is 2.18. The predicted molar refractivity (Wildman–Crippen MR) is 70.5 cm³/mol. The first kappa shape index (κ1) is 9.14. The third kappa shape index (κ3) is 1.33. The van der Waals surface area contributed by atoms with Gasteiger partial charge in [0.25, 0.3) is 0 Å². The Balaban J connectivity index is 2.38. The molecule has 1 aliphatic heterocycles. The average Bonchev–Trinajstić information content (AvgIpc) is 2.63. The number of hydrogen-bond acceptors (Lipinski definition) is 3. The van der Waals surface area contributed by atoms with Gasteiger partial charge in [0.05, 0.1) is 22.1 Å². The van der Waals surface area contributed by atoms with E-state index in [-0.39, 0.29) is 0 Å². The molecule has 2 aromatic rings. The Morgan fingerprint density at radius 3 is 3.27 bits per heavy atom. The summed E-state index contributed by atoms with van der Waals surface area (Å²) in [7, 11) is 2.08. The second-order valence-electron chi connectivity index (χ2n) is 3.58. The van der Waals surface area contributed by atoms with Crippen LogP contribution in [-0.2, 0) is 0 Å². The Morgan fingerprint density at radius 1 is 1.53 bits per heavy atom. The molecule has 0 radical (unpaired) electrons. The van der Waals surface area contributed by atoms with Gasteiger partial charge in [-0.05, 0) is 28.7 Å². The third-order valence-corrected chi connectivity index (χ3v) is 3.11. The smallest absolute Gasteiger partial charge is 0.139 e. The lowest BCUT2D eigenvalue weighted by Gasteiger charge is -2.25. The molecule has 1 N–H and O–H groups in total. The zero-order chi connectivity index (χ0) is 10.4. The topological polar surface area (TPSA) is 44.3 Å². The molecule has 0 aromatic carbocycles. The summed E-state index contributed by atoms with van der Waals surface area (Å²) >= 11 is 2.26. The quantitative estimate of drug-likeness (QED) is 0.760. The SMILES string of the molecule is CN1CC(I)=Nc2cnc3[nH]ccc3c21. The van der Waals surface area contributed by atoms with Crippen LogP contribution in [-0.4, -0.2) is 27.3 Å². The molecule has 2 aromatic heterocycles. The van der Waals surface area contributed by atoms with E-state index in [9.17, 15) is 0 Å². The Labute approximate surface area is 101 Å². The van der Waals surface area contributed by atoms with Crippen LogP contribution in [0, 0.1) is 0 Å². The van der Waals surface area contributed by atoms with Crippen LogP contribution in [0.25, 0.3) is 11.0 Å². The molecule has 0 saturated heterocycles. The lowest BCUT2D eigenvalue weighted by molar-refractivity contribution is 1.05. The van der Waals surface area contributed by atoms with Gasteiger partial charge in [0, 0.05) is 18.6 Å². The minimum Gasteiger partial charge on any atom is -0.366 e. The first-order valence-corrected chi connectivity index (χ1v) is 5.74. The van der Waals surface area contributed by atoms with Gasteiger partial charge in [0.2, 0.25) is 0 Å². The van der Waals surface area contributed by atoms with Crippen molar-refractivity contribution in [1.82, 2.24) is 9.97 Å². The number of anilines is 1.